The molecule has 1 fully saturated rings. The van der Waals surface area contributed by atoms with E-state index in [1.807, 2.05) is 0 Å². The van der Waals surface area contributed by atoms with Crippen LogP contribution in [0.3, 0.4) is 0 Å². The second-order valence-electron chi connectivity index (χ2n) is 5.21. The molecule has 0 saturated carbocycles. The van der Waals surface area contributed by atoms with Gasteiger partial charge in [-0.25, -0.2) is 0 Å². The number of carbonyl (C=O) groups is 1. The number of carbonyl (C=O) groups excluding carboxylic acids is 1. The summed E-state index contributed by atoms with van der Waals surface area (Å²) in [5.41, 5.74) is -0.309. The van der Waals surface area contributed by atoms with Gasteiger partial charge in [0.1, 0.15) is 12.2 Å². The molecule has 0 radical (unpaired) electrons. The predicted octanol–water partition coefficient (Wildman–Crippen LogP) is 1.17. The van der Waals surface area contributed by atoms with E-state index >= 15 is 0 Å². The van der Waals surface area contributed by atoms with Gasteiger partial charge in [-0.2, -0.15) is 0 Å². The summed E-state index contributed by atoms with van der Waals surface area (Å²) >= 11 is 1.21. The van der Waals surface area contributed by atoms with Crippen LogP contribution in [0.15, 0.2) is 28.7 Å². The van der Waals surface area contributed by atoms with Crippen LogP contribution < -0.4 is 4.74 Å². The van der Waals surface area contributed by atoms with Gasteiger partial charge in [-0.15, -0.1) is 11.8 Å². The van der Waals surface area contributed by atoms with E-state index in [0.717, 1.165) is 5.39 Å². The van der Waals surface area contributed by atoms with Crippen molar-refractivity contribution in [2.45, 2.75) is 30.7 Å². The number of aliphatic hydroxyl groups is 3. The zero-order valence-electron chi connectivity index (χ0n) is 11.8. The summed E-state index contributed by atoms with van der Waals surface area (Å²) in [5, 5.41) is 30.0. The first kappa shape index (κ1) is 15.4. The Balaban J connectivity index is 1.89. The van der Waals surface area contributed by atoms with Crippen LogP contribution in [-0.2, 0) is 0 Å². The number of benzene rings is 1. The average Bonchev–Trinajstić information content (AvgIpc) is 2.93. The van der Waals surface area contributed by atoms with Crippen LogP contribution in [0.1, 0.15) is 17.5 Å². The monoisotopic (exact) mass is 324 g/mol. The van der Waals surface area contributed by atoms with Gasteiger partial charge in [-0.05, 0) is 12.1 Å². The number of fused-ring (bicyclic) bond motifs is 1. The number of aliphatic hydroxyl groups excluding tert-OH is 3. The molecule has 3 N–H and O–H groups in total. The topological polar surface area (TPSA) is 100 Å². The molecule has 1 aliphatic rings. The fourth-order valence-electron chi connectivity index (χ4n) is 2.31. The van der Waals surface area contributed by atoms with Crippen LogP contribution in [0.5, 0.6) is 5.75 Å². The van der Waals surface area contributed by atoms with Crippen LogP contribution in [0.25, 0.3) is 11.0 Å². The number of thioether (sulfide) groups is 1. The molecule has 22 heavy (non-hydrogen) atoms. The molecule has 6 nitrogen and oxygen atoms in total. The second kappa shape index (κ2) is 5.92. The first-order valence-corrected chi connectivity index (χ1v) is 7.88. The molecule has 0 bridgehead atoms. The van der Waals surface area contributed by atoms with Gasteiger partial charge < -0.3 is 24.5 Å². The lowest BCUT2D eigenvalue weighted by Gasteiger charge is -2.34. The Bertz CT molecular complexity index is 696. The Morgan fingerprint density at radius 3 is 2.82 bits per heavy atom. The maximum atomic E-state index is 11.4. The van der Waals surface area contributed by atoms with E-state index in [9.17, 15) is 20.1 Å². The molecule has 1 aromatic carbocycles. The quantitative estimate of drug-likeness (QED) is 0.729. The Kier molecular flexibility index (Phi) is 4.14. The largest absolute Gasteiger partial charge is 0.473 e. The minimum atomic E-state index is -1.25. The van der Waals surface area contributed by atoms with Crippen LogP contribution in [0, 0.1) is 0 Å². The van der Waals surface area contributed by atoms with Gasteiger partial charge in [0.15, 0.2) is 28.3 Å². The van der Waals surface area contributed by atoms with Crippen molar-refractivity contribution in [2.75, 3.05) is 5.75 Å². The number of furan rings is 1. The van der Waals surface area contributed by atoms with Crippen LogP contribution in [-0.4, -0.2) is 50.6 Å². The minimum Gasteiger partial charge on any atom is -0.473 e. The minimum absolute atomic E-state index is 0.187. The number of ether oxygens (including phenoxy) is 1. The van der Waals surface area contributed by atoms with Gasteiger partial charge in [-0.1, -0.05) is 12.1 Å². The molecule has 0 spiro atoms. The molecule has 2 aromatic rings. The van der Waals surface area contributed by atoms with Crippen molar-refractivity contribution in [1.82, 2.24) is 0 Å². The number of rotatable bonds is 3. The van der Waals surface area contributed by atoms with E-state index in [1.54, 1.807) is 24.3 Å². The summed E-state index contributed by atoms with van der Waals surface area (Å²) in [6.07, 6.45) is -3.45. The highest BCUT2D eigenvalue weighted by Crippen LogP contribution is 2.34. The summed E-state index contributed by atoms with van der Waals surface area (Å²) in [5.74, 6) is 0.687. The maximum Gasteiger partial charge on any atom is 0.194 e. The maximum absolute atomic E-state index is 11.4. The third-order valence-corrected chi connectivity index (χ3v) is 4.79. The molecule has 0 amide bonds. The number of hydrogen-bond acceptors (Lipinski definition) is 7. The third kappa shape index (κ3) is 2.72. The predicted molar refractivity (Wildman–Crippen MR) is 81.1 cm³/mol. The SMILES string of the molecule is CC(=O)c1cc2cccc(O[C@@H]3SC[C@@H](O)[C@H](O)[C@H]3O)c2o1. The van der Waals surface area contributed by atoms with Crippen molar-refractivity contribution < 1.29 is 29.3 Å². The van der Waals surface area contributed by atoms with Crippen molar-refractivity contribution >= 4 is 28.5 Å². The first-order chi connectivity index (χ1) is 10.5. The lowest BCUT2D eigenvalue weighted by molar-refractivity contribution is -0.0785. The summed E-state index contributed by atoms with van der Waals surface area (Å²) in [6.45, 7) is 1.41. The first-order valence-electron chi connectivity index (χ1n) is 6.83. The normalized spacial score (nSPS) is 28.7. The molecule has 1 aromatic heterocycles. The Hall–Kier alpha value is -1.54. The molecular formula is C15H16O6S. The van der Waals surface area contributed by atoms with Crippen molar-refractivity contribution in [3.8, 4) is 5.75 Å². The fraction of sp³-hybridized carbons (Fsp3) is 0.400. The lowest BCUT2D eigenvalue weighted by Crippen LogP contribution is -2.50. The molecule has 1 aliphatic heterocycles. The zero-order chi connectivity index (χ0) is 15.9. The van der Waals surface area contributed by atoms with Crippen molar-refractivity contribution in [2.24, 2.45) is 0 Å². The van der Waals surface area contributed by atoms with Crippen LogP contribution in [0.2, 0.25) is 0 Å². The summed E-state index contributed by atoms with van der Waals surface area (Å²) in [6, 6.07) is 6.84. The lowest BCUT2D eigenvalue weighted by atomic mass is 10.1. The molecule has 118 valence electrons. The molecular weight excluding hydrogens is 308 g/mol. The third-order valence-electron chi connectivity index (χ3n) is 3.55. The van der Waals surface area contributed by atoms with Gasteiger partial charge in [0.25, 0.3) is 0 Å². The van der Waals surface area contributed by atoms with Crippen molar-refractivity contribution in [3.05, 3.63) is 30.0 Å². The van der Waals surface area contributed by atoms with Gasteiger partial charge >= 0.3 is 0 Å². The molecule has 3 rings (SSSR count). The fourth-order valence-corrected chi connectivity index (χ4v) is 3.42. The number of para-hydroxylation sites is 1. The second-order valence-corrected chi connectivity index (χ2v) is 6.34. The van der Waals surface area contributed by atoms with E-state index in [2.05, 4.69) is 0 Å². The molecule has 0 aliphatic carbocycles. The van der Waals surface area contributed by atoms with Gasteiger partial charge in [0.05, 0.1) is 6.10 Å². The zero-order valence-corrected chi connectivity index (χ0v) is 12.6. The summed E-state index contributed by atoms with van der Waals surface area (Å²) in [7, 11) is 0. The summed E-state index contributed by atoms with van der Waals surface area (Å²) in [4.78, 5) is 11.4. The average molecular weight is 324 g/mol. The van der Waals surface area contributed by atoms with E-state index in [4.69, 9.17) is 9.15 Å². The molecule has 7 heteroatoms. The van der Waals surface area contributed by atoms with Gasteiger partial charge in [0, 0.05) is 18.1 Å². The number of Topliss-reactive ketones (excluding diaryl/α,β-unsaturated/α-hetero) is 1. The van der Waals surface area contributed by atoms with E-state index in [0.29, 0.717) is 11.3 Å². The number of hydrogen-bond donors (Lipinski definition) is 3. The highest BCUT2D eigenvalue weighted by Gasteiger charge is 2.38. The Morgan fingerprint density at radius 1 is 1.32 bits per heavy atom. The van der Waals surface area contributed by atoms with Gasteiger partial charge in [0.2, 0.25) is 0 Å². The number of ketones is 1. The molecule has 2 heterocycles. The van der Waals surface area contributed by atoms with E-state index in [-0.39, 0.29) is 17.3 Å². The Labute approximate surface area is 130 Å². The van der Waals surface area contributed by atoms with E-state index in [1.165, 1.54) is 18.7 Å². The standard InChI is InChI=1S/C15H16O6S/c1-7(16)11-5-8-3-2-4-10(14(8)20-11)21-15-13(19)12(18)9(17)6-22-15/h2-5,9,12-13,15,17-19H,6H2,1H3/t9-,12+,13-,15-/m1/s1. The van der Waals surface area contributed by atoms with Gasteiger partial charge in [-0.3, -0.25) is 4.79 Å². The smallest absolute Gasteiger partial charge is 0.194 e. The van der Waals surface area contributed by atoms with E-state index < -0.39 is 23.7 Å². The summed E-state index contributed by atoms with van der Waals surface area (Å²) < 4.78 is 11.2. The van der Waals surface area contributed by atoms with Crippen LogP contribution >= 0.6 is 11.8 Å². The van der Waals surface area contributed by atoms with Crippen molar-refractivity contribution in [1.29, 1.82) is 0 Å². The highest BCUT2D eigenvalue weighted by molar-refractivity contribution is 7.99. The Morgan fingerprint density at radius 2 is 2.09 bits per heavy atom. The highest BCUT2D eigenvalue weighted by atomic mass is 32.2. The molecule has 0 unspecified atom stereocenters. The molecule has 4 atom stereocenters. The molecule has 1 saturated heterocycles. The van der Waals surface area contributed by atoms with Crippen molar-refractivity contribution in [3.63, 3.8) is 0 Å². The van der Waals surface area contributed by atoms with Crippen LogP contribution in [0.4, 0.5) is 0 Å².